The molecule has 0 aliphatic heterocycles. The van der Waals surface area contributed by atoms with Crippen LogP contribution < -0.4 is 0 Å². The summed E-state index contributed by atoms with van der Waals surface area (Å²) in [6, 6.07) is 11.2. The monoisotopic (exact) mass is 289 g/mol. The molecule has 0 spiro atoms. The molecule has 1 heterocycles. The number of carboxylic acids is 1. The third kappa shape index (κ3) is 4.07. The molecule has 0 aliphatic carbocycles. The Morgan fingerprint density at radius 2 is 1.90 bits per heavy atom. The van der Waals surface area contributed by atoms with E-state index in [2.05, 4.69) is 4.98 Å². The zero-order valence-electron chi connectivity index (χ0n) is 11.0. The number of benzene rings is 1. The van der Waals surface area contributed by atoms with Crippen LogP contribution in [0.2, 0.25) is 5.02 Å². The van der Waals surface area contributed by atoms with Crippen molar-refractivity contribution in [3.63, 3.8) is 0 Å². The quantitative estimate of drug-likeness (QED) is 0.884. The van der Waals surface area contributed by atoms with Crippen LogP contribution in [0, 0.1) is 5.92 Å². The van der Waals surface area contributed by atoms with E-state index in [1.165, 1.54) is 0 Å². The Labute approximate surface area is 123 Å². The van der Waals surface area contributed by atoms with E-state index in [1.54, 1.807) is 18.5 Å². The number of nitrogens with zero attached hydrogens (tertiary/aromatic N) is 1. The summed E-state index contributed by atoms with van der Waals surface area (Å²) in [5, 5.41) is 9.98. The van der Waals surface area contributed by atoms with Gasteiger partial charge < -0.3 is 5.11 Å². The van der Waals surface area contributed by atoms with Gasteiger partial charge in [-0.05, 0) is 48.6 Å². The zero-order chi connectivity index (χ0) is 14.4. The first-order valence-corrected chi connectivity index (χ1v) is 6.89. The minimum Gasteiger partial charge on any atom is -0.481 e. The van der Waals surface area contributed by atoms with Gasteiger partial charge in [-0.3, -0.25) is 9.78 Å². The number of pyridine rings is 1. The SMILES string of the molecule is O=C(O)C(CCc1ccncc1)Cc1ccccc1Cl. The Morgan fingerprint density at radius 1 is 1.20 bits per heavy atom. The standard InChI is InChI=1S/C16H16ClNO2/c17-15-4-2-1-3-13(15)11-14(16(19)20)6-5-12-7-9-18-10-8-12/h1-4,7-10,14H,5-6,11H2,(H,19,20). The van der Waals surface area contributed by atoms with Crippen LogP contribution in [-0.2, 0) is 17.6 Å². The lowest BCUT2D eigenvalue weighted by molar-refractivity contribution is -0.141. The first kappa shape index (κ1) is 14.5. The van der Waals surface area contributed by atoms with E-state index in [0.29, 0.717) is 17.9 Å². The maximum Gasteiger partial charge on any atom is 0.306 e. The minimum atomic E-state index is -0.779. The lowest BCUT2D eigenvalue weighted by Crippen LogP contribution is -2.17. The first-order chi connectivity index (χ1) is 9.66. The highest BCUT2D eigenvalue weighted by atomic mass is 35.5. The fourth-order valence-corrected chi connectivity index (χ4v) is 2.35. The molecular formula is C16H16ClNO2. The largest absolute Gasteiger partial charge is 0.481 e. The predicted octanol–water partition coefficient (Wildman–Crippen LogP) is 3.61. The molecule has 2 rings (SSSR count). The molecule has 1 aromatic carbocycles. The molecule has 3 nitrogen and oxygen atoms in total. The van der Waals surface area contributed by atoms with Crippen molar-refractivity contribution < 1.29 is 9.90 Å². The van der Waals surface area contributed by atoms with Crippen molar-refractivity contribution in [2.45, 2.75) is 19.3 Å². The molecule has 0 amide bonds. The second-order valence-corrected chi connectivity index (χ2v) is 5.13. The molecule has 20 heavy (non-hydrogen) atoms. The van der Waals surface area contributed by atoms with E-state index < -0.39 is 11.9 Å². The summed E-state index contributed by atoms with van der Waals surface area (Å²) in [7, 11) is 0. The van der Waals surface area contributed by atoms with Gasteiger partial charge >= 0.3 is 5.97 Å². The van der Waals surface area contributed by atoms with Gasteiger partial charge in [-0.25, -0.2) is 0 Å². The van der Waals surface area contributed by atoms with E-state index in [0.717, 1.165) is 17.5 Å². The summed E-state index contributed by atoms with van der Waals surface area (Å²) in [5.74, 6) is -1.21. The molecule has 0 saturated carbocycles. The molecule has 1 unspecified atom stereocenters. The van der Waals surface area contributed by atoms with Crippen molar-refractivity contribution in [2.75, 3.05) is 0 Å². The molecule has 0 saturated heterocycles. The van der Waals surface area contributed by atoms with Gasteiger partial charge in [0.25, 0.3) is 0 Å². The molecule has 0 radical (unpaired) electrons. The summed E-state index contributed by atoms with van der Waals surface area (Å²) in [5.41, 5.74) is 1.99. The number of carboxylic acid groups (broad SMARTS) is 1. The second-order valence-electron chi connectivity index (χ2n) is 4.72. The number of halogens is 1. The first-order valence-electron chi connectivity index (χ1n) is 6.52. The Balaban J connectivity index is 2.01. The van der Waals surface area contributed by atoms with Crippen molar-refractivity contribution in [1.29, 1.82) is 0 Å². The zero-order valence-corrected chi connectivity index (χ0v) is 11.8. The van der Waals surface area contributed by atoms with Crippen molar-refractivity contribution in [3.8, 4) is 0 Å². The molecule has 1 N–H and O–H groups in total. The third-order valence-corrected chi connectivity index (χ3v) is 3.67. The van der Waals surface area contributed by atoms with E-state index in [-0.39, 0.29) is 0 Å². The van der Waals surface area contributed by atoms with Gasteiger partial charge in [0.15, 0.2) is 0 Å². The smallest absolute Gasteiger partial charge is 0.306 e. The molecule has 1 atom stereocenters. The van der Waals surface area contributed by atoms with Gasteiger partial charge in [-0.2, -0.15) is 0 Å². The topological polar surface area (TPSA) is 50.2 Å². The minimum absolute atomic E-state index is 0.428. The number of carbonyl (C=O) groups is 1. The van der Waals surface area contributed by atoms with Crippen molar-refractivity contribution >= 4 is 17.6 Å². The van der Waals surface area contributed by atoms with Crippen molar-refractivity contribution in [2.24, 2.45) is 5.92 Å². The van der Waals surface area contributed by atoms with Crippen LogP contribution in [0.25, 0.3) is 0 Å². The summed E-state index contributed by atoms with van der Waals surface area (Å²) in [4.78, 5) is 15.3. The van der Waals surface area contributed by atoms with Gasteiger partial charge in [0, 0.05) is 17.4 Å². The summed E-state index contributed by atoms with van der Waals surface area (Å²) < 4.78 is 0. The summed E-state index contributed by atoms with van der Waals surface area (Å²) >= 11 is 6.09. The summed E-state index contributed by atoms with van der Waals surface area (Å²) in [6.07, 6.45) is 5.22. The fourth-order valence-electron chi connectivity index (χ4n) is 2.13. The van der Waals surface area contributed by atoms with E-state index in [4.69, 9.17) is 11.6 Å². The van der Waals surface area contributed by atoms with Crippen LogP contribution in [0.1, 0.15) is 17.5 Å². The van der Waals surface area contributed by atoms with Gasteiger partial charge in [-0.1, -0.05) is 29.8 Å². The van der Waals surface area contributed by atoms with E-state index >= 15 is 0 Å². The van der Waals surface area contributed by atoms with E-state index in [1.807, 2.05) is 30.3 Å². The predicted molar refractivity (Wildman–Crippen MR) is 78.8 cm³/mol. The number of hydrogen-bond acceptors (Lipinski definition) is 2. The van der Waals surface area contributed by atoms with E-state index in [9.17, 15) is 9.90 Å². The molecular weight excluding hydrogens is 274 g/mol. The van der Waals surface area contributed by atoms with Crippen LogP contribution in [-0.4, -0.2) is 16.1 Å². The average Bonchev–Trinajstić information content (AvgIpc) is 2.46. The number of aromatic nitrogens is 1. The highest BCUT2D eigenvalue weighted by Crippen LogP contribution is 2.21. The second kappa shape index (κ2) is 7.06. The highest BCUT2D eigenvalue weighted by molar-refractivity contribution is 6.31. The van der Waals surface area contributed by atoms with Crippen molar-refractivity contribution in [3.05, 3.63) is 64.9 Å². The summed E-state index contributed by atoms with van der Waals surface area (Å²) in [6.45, 7) is 0. The van der Waals surface area contributed by atoms with Gasteiger partial charge in [-0.15, -0.1) is 0 Å². The van der Waals surface area contributed by atoms with Crippen LogP contribution in [0.3, 0.4) is 0 Å². The molecule has 0 bridgehead atoms. The van der Waals surface area contributed by atoms with Gasteiger partial charge in [0.2, 0.25) is 0 Å². The van der Waals surface area contributed by atoms with Crippen LogP contribution in [0.5, 0.6) is 0 Å². The molecule has 104 valence electrons. The molecule has 0 aliphatic rings. The Morgan fingerprint density at radius 3 is 2.55 bits per heavy atom. The van der Waals surface area contributed by atoms with Crippen LogP contribution >= 0.6 is 11.6 Å². The molecule has 1 aromatic heterocycles. The number of hydrogen-bond donors (Lipinski definition) is 1. The van der Waals surface area contributed by atoms with Gasteiger partial charge in [0.1, 0.15) is 0 Å². The number of rotatable bonds is 6. The lowest BCUT2D eigenvalue weighted by atomic mass is 9.93. The average molecular weight is 290 g/mol. The van der Waals surface area contributed by atoms with Crippen molar-refractivity contribution in [1.82, 2.24) is 4.98 Å². The molecule has 4 heteroatoms. The normalized spacial score (nSPS) is 12.1. The van der Waals surface area contributed by atoms with Gasteiger partial charge in [0.05, 0.1) is 5.92 Å². The maximum atomic E-state index is 11.4. The van der Waals surface area contributed by atoms with Crippen LogP contribution in [0.15, 0.2) is 48.8 Å². The van der Waals surface area contributed by atoms with Crippen LogP contribution in [0.4, 0.5) is 0 Å². The number of aryl methyl sites for hydroxylation is 1. The number of aliphatic carboxylic acids is 1. The molecule has 2 aromatic rings. The molecule has 0 fully saturated rings. The lowest BCUT2D eigenvalue weighted by Gasteiger charge is -2.13. The Hall–Kier alpha value is -1.87. The Kier molecular flexibility index (Phi) is 5.13. The fraction of sp³-hybridized carbons (Fsp3) is 0.250. The maximum absolute atomic E-state index is 11.4. The third-order valence-electron chi connectivity index (χ3n) is 3.30. The Bertz CT molecular complexity index is 572. The highest BCUT2D eigenvalue weighted by Gasteiger charge is 2.19.